The summed E-state index contributed by atoms with van der Waals surface area (Å²) in [6, 6.07) is 2.17. The maximum atomic E-state index is 12.1. The molecule has 3 heterocycles. The molecule has 1 amide bonds. The standard InChI is InChI=1S/C15H20ClN3O2/c1-2-21-14(20)19-12-3-4-13(19)7-15(17,6-12)10-5-11(16)9-18-8-10/h5,8-9,12-13H,2-4,6-7,17H2,1H3. The van der Waals surface area contributed by atoms with E-state index in [1.165, 1.54) is 0 Å². The lowest BCUT2D eigenvalue weighted by Crippen LogP contribution is -2.55. The van der Waals surface area contributed by atoms with Crippen LogP contribution in [-0.4, -0.2) is 34.7 Å². The van der Waals surface area contributed by atoms with E-state index in [-0.39, 0.29) is 18.2 Å². The number of carbonyl (C=O) groups excluding carboxylic acids is 1. The average Bonchev–Trinajstić information content (AvgIpc) is 2.72. The fourth-order valence-corrected chi connectivity index (χ4v) is 3.88. The van der Waals surface area contributed by atoms with Crippen LogP contribution in [0.4, 0.5) is 4.79 Å². The van der Waals surface area contributed by atoms with E-state index in [9.17, 15) is 4.79 Å². The van der Waals surface area contributed by atoms with Gasteiger partial charge in [0.1, 0.15) is 0 Å². The van der Waals surface area contributed by atoms with Crippen LogP contribution in [0.5, 0.6) is 0 Å². The van der Waals surface area contributed by atoms with Crippen molar-refractivity contribution in [1.82, 2.24) is 9.88 Å². The van der Waals surface area contributed by atoms with Crippen molar-refractivity contribution in [3.05, 3.63) is 29.0 Å². The van der Waals surface area contributed by atoms with E-state index >= 15 is 0 Å². The molecule has 0 aromatic carbocycles. The van der Waals surface area contributed by atoms with Crippen LogP contribution in [0.25, 0.3) is 0 Å². The minimum Gasteiger partial charge on any atom is -0.450 e. The van der Waals surface area contributed by atoms with E-state index in [2.05, 4.69) is 4.98 Å². The van der Waals surface area contributed by atoms with Gasteiger partial charge >= 0.3 is 6.09 Å². The third-order valence-corrected chi connectivity index (χ3v) is 4.78. The number of hydrogen-bond donors (Lipinski definition) is 1. The predicted octanol–water partition coefficient (Wildman–Crippen LogP) is 2.67. The topological polar surface area (TPSA) is 68.5 Å². The minimum atomic E-state index is -0.466. The van der Waals surface area contributed by atoms with Gasteiger partial charge in [-0.3, -0.25) is 4.98 Å². The van der Waals surface area contributed by atoms with Crippen LogP contribution >= 0.6 is 11.6 Å². The number of aromatic nitrogens is 1. The van der Waals surface area contributed by atoms with Gasteiger partial charge in [0.15, 0.2) is 0 Å². The first kappa shape index (κ1) is 14.6. The van der Waals surface area contributed by atoms with Crippen LogP contribution in [0, 0.1) is 0 Å². The van der Waals surface area contributed by atoms with Crippen LogP contribution in [0.2, 0.25) is 5.02 Å². The summed E-state index contributed by atoms with van der Waals surface area (Å²) < 4.78 is 5.17. The predicted molar refractivity (Wildman–Crippen MR) is 80.0 cm³/mol. The van der Waals surface area contributed by atoms with Crippen molar-refractivity contribution in [2.45, 2.75) is 50.2 Å². The smallest absolute Gasteiger partial charge is 0.410 e. The number of halogens is 1. The largest absolute Gasteiger partial charge is 0.450 e. The van der Waals surface area contributed by atoms with Crippen LogP contribution < -0.4 is 5.73 Å². The molecule has 2 saturated heterocycles. The second-order valence-corrected chi connectivity index (χ2v) is 6.38. The lowest BCUT2D eigenvalue weighted by molar-refractivity contribution is 0.0530. The molecule has 0 radical (unpaired) electrons. The van der Waals surface area contributed by atoms with E-state index in [1.54, 1.807) is 12.4 Å². The summed E-state index contributed by atoms with van der Waals surface area (Å²) in [6.07, 6.45) is 6.60. The minimum absolute atomic E-state index is 0.145. The first-order chi connectivity index (χ1) is 10.0. The molecule has 2 atom stereocenters. The van der Waals surface area contributed by atoms with Crippen molar-refractivity contribution in [2.75, 3.05) is 6.61 Å². The molecule has 2 unspecified atom stereocenters. The number of amides is 1. The Kier molecular flexibility index (Phi) is 3.80. The Labute approximate surface area is 129 Å². The van der Waals surface area contributed by atoms with Gasteiger partial charge in [0.05, 0.1) is 11.6 Å². The summed E-state index contributed by atoms with van der Waals surface area (Å²) in [5, 5.41) is 0.595. The van der Waals surface area contributed by atoms with E-state index in [4.69, 9.17) is 22.1 Å². The molecule has 2 aliphatic rings. The van der Waals surface area contributed by atoms with Gasteiger partial charge < -0.3 is 15.4 Å². The number of fused-ring (bicyclic) bond motifs is 2. The Morgan fingerprint density at radius 2 is 2.14 bits per heavy atom. The number of carbonyl (C=O) groups is 1. The summed E-state index contributed by atoms with van der Waals surface area (Å²) in [5.74, 6) is 0. The molecule has 1 aromatic rings. The first-order valence-corrected chi connectivity index (χ1v) is 7.76. The highest BCUT2D eigenvalue weighted by Crippen LogP contribution is 2.44. The van der Waals surface area contributed by atoms with Crippen molar-refractivity contribution in [2.24, 2.45) is 5.73 Å². The molecule has 0 saturated carbocycles. The SMILES string of the molecule is CCOC(=O)N1C2CCC1CC(N)(c1cncc(Cl)c1)C2. The quantitative estimate of drug-likeness (QED) is 0.912. The van der Waals surface area contributed by atoms with E-state index in [1.807, 2.05) is 17.9 Å². The number of ether oxygens (including phenoxy) is 1. The summed E-state index contributed by atoms with van der Waals surface area (Å²) in [4.78, 5) is 18.1. The number of hydrogen-bond acceptors (Lipinski definition) is 4. The number of piperidine rings is 1. The zero-order valence-corrected chi connectivity index (χ0v) is 12.8. The number of pyridine rings is 1. The maximum Gasteiger partial charge on any atom is 0.410 e. The molecule has 1 aromatic heterocycles. The van der Waals surface area contributed by atoms with E-state index < -0.39 is 5.54 Å². The highest BCUT2D eigenvalue weighted by molar-refractivity contribution is 6.30. The summed E-state index contributed by atoms with van der Waals surface area (Å²) in [7, 11) is 0. The zero-order valence-electron chi connectivity index (χ0n) is 12.1. The third kappa shape index (κ3) is 2.60. The van der Waals surface area contributed by atoms with Gasteiger partial charge in [-0.2, -0.15) is 0 Å². The van der Waals surface area contributed by atoms with Crippen LogP contribution in [0.15, 0.2) is 18.5 Å². The second kappa shape index (κ2) is 5.46. The van der Waals surface area contributed by atoms with Crippen molar-refractivity contribution < 1.29 is 9.53 Å². The monoisotopic (exact) mass is 309 g/mol. The molecule has 2 fully saturated rings. The maximum absolute atomic E-state index is 12.1. The second-order valence-electron chi connectivity index (χ2n) is 5.95. The van der Waals surface area contributed by atoms with Crippen LogP contribution in [-0.2, 0) is 10.3 Å². The Bertz CT molecular complexity index is 537. The molecule has 21 heavy (non-hydrogen) atoms. The van der Waals surface area contributed by atoms with Crippen molar-refractivity contribution in [1.29, 1.82) is 0 Å². The molecular formula is C15H20ClN3O2. The van der Waals surface area contributed by atoms with Gasteiger partial charge in [-0.1, -0.05) is 11.6 Å². The van der Waals surface area contributed by atoms with Crippen molar-refractivity contribution in [3.8, 4) is 0 Å². The van der Waals surface area contributed by atoms with Crippen molar-refractivity contribution >= 4 is 17.7 Å². The van der Waals surface area contributed by atoms with Gasteiger partial charge in [0.2, 0.25) is 0 Å². The molecule has 6 heteroatoms. The van der Waals surface area contributed by atoms with Gasteiger partial charge in [-0.15, -0.1) is 0 Å². The number of nitrogens with zero attached hydrogens (tertiary/aromatic N) is 2. The molecular weight excluding hydrogens is 290 g/mol. The van der Waals surface area contributed by atoms with Crippen molar-refractivity contribution in [3.63, 3.8) is 0 Å². The molecule has 0 aliphatic carbocycles. The summed E-state index contributed by atoms with van der Waals surface area (Å²) in [5.41, 5.74) is 7.12. The van der Waals surface area contributed by atoms with Gasteiger partial charge in [0, 0.05) is 30.0 Å². The highest BCUT2D eigenvalue weighted by Gasteiger charge is 2.49. The summed E-state index contributed by atoms with van der Waals surface area (Å²) in [6.45, 7) is 2.23. The van der Waals surface area contributed by atoms with E-state index in [0.29, 0.717) is 11.6 Å². The zero-order chi connectivity index (χ0) is 15.0. The Balaban J connectivity index is 1.83. The third-order valence-electron chi connectivity index (χ3n) is 4.58. The van der Waals surface area contributed by atoms with E-state index in [0.717, 1.165) is 31.2 Å². The highest BCUT2D eigenvalue weighted by atomic mass is 35.5. The number of rotatable bonds is 2. The molecule has 5 nitrogen and oxygen atoms in total. The average molecular weight is 310 g/mol. The Hall–Kier alpha value is -1.33. The lowest BCUT2D eigenvalue weighted by atomic mass is 9.79. The first-order valence-electron chi connectivity index (χ1n) is 7.38. The number of nitrogens with two attached hydrogens (primary N) is 1. The van der Waals surface area contributed by atoms with Crippen LogP contribution in [0.3, 0.4) is 0 Å². The van der Waals surface area contributed by atoms with Gasteiger partial charge in [-0.25, -0.2) is 4.79 Å². The molecule has 0 spiro atoms. The molecule has 114 valence electrons. The molecule has 2 bridgehead atoms. The fourth-order valence-electron chi connectivity index (χ4n) is 3.70. The van der Waals surface area contributed by atoms with Gasteiger partial charge in [0.25, 0.3) is 0 Å². The fraction of sp³-hybridized carbons (Fsp3) is 0.600. The van der Waals surface area contributed by atoms with Gasteiger partial charge in [-0.05, 0) is 44.2 Å². The summed E-state index contributed by atoms with van der Waals surface area (Å²) >= 11 is 6.03. The normalized spacial score (nSPS) is 31.3. The van der Waals surface area contributed by atoms with Crippen LogP contribution in [0.1, 0.15) is 38.2 Å². The molecule has 3 rings (SSSR count). The molecule has 2 aliphatic heterocycles. The Morgan fingerprint density at radius 1 is 1.48 bits per heavy atom. The lowest BCUT2D eigenvalue weighted by Gasteiger charge is -2.44. The Morgan fingerprint density at radius 3 is 2.71 bits per heavy atom. The molecule has 2 N–H and O–H groups in total.